The van der Waals surface area contributed by atoms with E-state index >= 15 is 0 Å². The van der Waals surface area contributed by atoms with Gasteiger partial charge in [-0.2, -0.15) is 5.26 Å². The molecular formula is C10H13N3O2S. The van der Waals surface area contributed by atoms with E-state index in [9.17, 15) is 4.79 Å². The van der Waals surface area contributed by atoms with Gasteiger partial charge < -0.3 is 10.0 Å². The number of thiazole rings is 1. The average Bonchev–Trinajstić information content (AvgIpc) is 2.62. The molecule has 0 aliphatic rings. The van der Waals surface area contributed by atoms with Crippen LogP contribution in [0.5, 0.6) is 0 Å². The highest BCUT2D eigenvalue weighted by molar-refractivity contribution is 7.15. The van der Waals surface area contributed by atoms with Gasteiger partial charge in [0.15, 0.2) is 10.8 Å². The number of aromatic carboxylic acids is 1. The molecule has 0 atom stereocenters. The number of aryl methyl sites for hydroxylation is 1. The maximum absolute atomic E-state index is 10.8. The maximum Gasteiger partial charge on any atom is 0.355 e. The largest absolute Gasteiger partial charge is 0.476 e. The molecule has 0 aromatic carbocycles. The lowest BCUT2D eigenvalue weighted by Crippen LogP contribution is -2.23. The molecule has 0 radical (unpaired) electrons. The Morgan fingerprint density at radius 3 is 2.81 bits per heavy atom. The summed E-state index contributed by atoms with van der Waals surface area (Å²) < 4.78 is 0. The minimum Gasteiger partial charge on any atom is -0.476 e. The van der Waals surface area contributed by atoms with Gasteiger partial charge >= 0.3 is 5.97 Å². The zero-order valence-electron chi connectivity index (χ0n) is 9.23. The molecule has 1 aromatic rings. The molecule has 0 saturated heterocycles. The maximum atomic E-state index is 10.8. The molecule has 1 aromatic heterocycles. The Bertz CT molecular complexity index is 422. The van der Waals surface area contributed by atoms with Gasteiger partial charge in [-0.1, -0.05) is 0 Å². The Hall–Kier alpha value is -1.61. The van der Waals surface area contributed by atoms with Gasteiger partial charge in [0.25, 0.3) is 0 Å². The fourth-order valence-electron chi connectivity index (χ4n) is 1.29. The molecule has 0 bridgehead atoms. The Labute approximate surface area is 98.0 Å². The first-order chi connectivity index (χ1) is 7.60. The van der Waals surface area contributed by atoms with E-state index in [1.807, 2.05) is 11.8 Å². The lowest BCUT2D eigenvalue weighted by Gasteiger charge is -2.17. The summed E-state index contributed by atoms with van der Waals surface area (Å²) in [5.74, 6) is -1.00. The first-order valence-electron chi connectivity index (χ1n) is 4.92. The van der Waals surface area contributed by atoms with Crippen LogP contribution in [0.25, 0.3) is 0 Å². The predicted octanol–water partition coefficient (Wildman–Crippen LogP) is 1.89. The molecular weight excluding hydrogens is 226 g/mol. The third kappa shape index (κ3) is 2.70. The summed E-state index contributed by atoms with van der Waals surface area (Å²) in [4.78, 5) is 17.5. The summed E-state index contributed by atoms with van der Waals surface area (Å²) in [6, 6.07) is 2.07. The highest BCUT2D eigenvalue weighted by Crippen LogP contribution is 2.25. The van der Waals surface area contributed by atoms with Crippen LogP contribution in [0.2, 0.25) is 0 Å². The summed E-state index contributed by atoms with van der Waals surface area (Å²) in [5.41, 5.74) is 0.107. The Morgan fingerprint density at radius 1 is 1.69 bits per heavy atom. The topological polar surface area (TPSA) is 77.2 Å². The van der Waals surface area contributed by atoms with Crippen LogP contribution in [-0.4, -0.2) is 29.1 Å². The second-order valence-electron chi connectivity index (χ2n) is 3.19. The van der Waals surface area contributed by atoms with Gasteiger partial charge in [0.05, 0.1) is 12.5 Å². The Balaban J connectivity index is 2.90. The molecule has 0 aliphatic carbocycles. The molecule has 0 spiro atoms. The molecule has 1 N–H and O–H groups in total. The minimum atomic E-state index is -1.00. The highest BCUT2D eigenvalue weighted by Gasteiger charge is 2.17. The molecule has 0 fully saturated rings. The van der Waals surface area contributed by atoms with Gasteiger partial charge in [-0.05, 0) is 13.8 Å². The van der Waals surface area contributed by atoms with E-state index in [1.54, 1.807) is 6.92 Å². The van der Waals surface area contributed by atoms with Crippen molar-refractivity contribution in [3.63, 3.8) is 0 Å². The summed E-state index contributed by atoms with van der Waals surface area (Å²) in [6.07, 6.45) is 0.412. The van der Waals surface area contributed by atoms with Crippen molar-refractivity contribution in [2.24, 2.45) is 0 Å². The lowest BCUT2D eigenvalue weighted by molar-refractivity contribution is 0.0690. The smallest absolute Gasteiger partial charge is 0.355 e. The molecule has 5 nitrogen and oxygen atoms in total. The van der Waals surface area contributed by atoms with Crippen molar-refractivity contribution in [2.75, 3.05) is 18.0 Å². The van der Waals surface area contributed by atoms with E-state index in [-0.39, 0.29) is 5.69 Å². The van der Waals surface area contributed by atoms with E-state index in [0.29, 0.717) is 29.5 Å². The number of nitrogens with zero attached hydrogens (tertiary/aromatic N) is 3. The normalized spacial score (nSPS) is 9.81. The molecule has 0 unspecified atom stereocenters. The first-order valence-corrected chi connectivity index (χ1v) is 5.74. The molecule has 0 amide bonds. The van der Waals surface area contributed by atoms with Gasteiger partial charge in [-0.3, -0.25) is 0 Å². The SMILES string of the molecule is CCN(CCC#N)c1nc(C(=O)O)c(C)s1. The molecule has 1 heterocycles. The van der Waals surface area contributed by atoms with Crippen LogP contribution in [0.3, 0.4) is 0 Å². The fraction of sp³-hybridized carbons (Fsp3) is 0.500. The van der Waals surface area contributed by atoms with Crippen molar-refractivity contribution < 1.29 is 9.90 Å². The number of carbonyl (C=O) groups is 1. The quantitative estimate of drug-likeness (QED) is 0.849. The van der Waals surface area contributed by atoms with Crippen LogP contribution >= 0.6 is 11.3 Å². The van der Waals surface area contributed by atoms with E-state index < -0.39 is 5.97 Å². The number of rotatable bonds is 5. The summed E-state index contributed by atoms with van der Waals surface area (Å²) in [5, 5.41) is 18.1. The lowest BCUT2D eigenvalue weighted by atomic mass is 10.4. The zero-order valence-corrected chi connectivity index (χ0v) is 10.0. The van der Waals surface area contributed by atoms with Crippen LogP contribution in [0.4, 0.5) is 5.13 Å². The van der Waals surface area contributed by atoms with E-state index in [0.717, 1.165) is 0 Å². The first kappa shape index (κ1) is 12.5. The van der Waals surface area contributed by atoms with Gasteiger partial charge in [0.1, 0.15) is 0 Å². The van der Waals surface area contributed by atoms with Crippen molar-refractivity contribution in [3.05, 3.63) is 10.6 Å². The van der Waals surface area contributed by atoms with E-state index in [1.165, 1.54) is 11.3 Å². The van der Waals surface area contributed by atoms with Gasteiger partial charge in [-0.25, -0.2) is 9.78 Å². The zero-order chi connectivity index (χ0) is 12.1. The molecule has 16 heavy (non-hydrogen) atoms. The molecule has 0 saturated carbocycles. The second kappa shape index (κ2) is 5.47. The standard InChI is InChI=1S/C10H13N3O2S/c1-3-13(6-4-5-11)10-12-8(9(14)15)7(2)16-10/h3-4,6H2,1-2H3,(H,14,15). The van der Waals surface area contributed by atoms with Crippen molar-refractivity contribution in [1.29, 1.82) is 5.26 Å². The van der Waals surface area contributed by atoms with Gasteiger partial charge in [0.2, 0.25) is 0 Å². The van der Waals surface area contributed by atoms with Gasteiger partial charge in [0, 0.05) is 18.0 Å². The van der Waals surface area contributed by atoms with Crippen molar-refractivity contribution in [3.8, 4) is 6.07 Å². The third-order valence-corrected chi connectivity index (χ3v) is 3.17. The number of nitriles is 1. The third-order valence-electron chi connectivity index (χ3n) is 2.13. The monoisotopic (exact) mass is 239 g/mol. The number of aromatic nitrogens is 1. The van der Waals surface area contributed by atoms with Crippen LogP contribution in [0.1, 0.15) is 28.7 Å². The fourth-order valence-corrected chi connectivity index (χ4v) is 2.28. The van der Waals surface area contributed by atoms with Crippen molar-refractivity contribution in [2.45, 2.75) is 20.3 Å². The highest BCUT2D eigenvalue weighted by atomic mass is 32.1. The second-order valence-corrected chi connectivity index (χ2v) is 4.38. The van der Waals surface area contributed by atoms with E-state index in [2.05, 4.69) is 11.1 Å². The molecule has 1 rings (SSSR count). The Kier molecular flexibility index (Phi) is 4.26. The van der Waals surface area contributed by atoms with Gasteiger partial charge in [-0.15, -0.1) is 11.3 Å². The van der Waals surface area contributed by atoms with Crippen LogP contribution < -0.4 is 4.90 Å². The van der Waals surface area contributed by atoms with E-state index in [4.69, 9.17) is 10.4 Å². The van der Waals surface area contributed by atoms with Crippen LogP contribution in [0.15, 0.2) is 0 Å². The van der Waals surface area contributed by atoms with Crippen LogP contribution in [0, 0.1) is 18.3 Å². The minimum absolute atomic E-state index is 0.107. The molecule has 0 aliphatic heterocycles. The van der Waals surface area contributed by atoms with Crippen molar-refractivity contribution >= 4 is 22.4 Å². The summed E-state index contributed by atoms with van der Waals surface area (Å²) in [7, 11) is 0. The van der Waals surface area contributed by atoms with Crippen molar-refractivity contribution in [1.82, 2.24) is 4.98 Å². The number of anilines is 1. The van der Waals surface area contributed by atoms with Crippen LogP contribution in [-0.2, 0) is 0 Å². The molecule has 6 heteroatoms. The number of hydrogen-bond donors (Lipinski definition) is 1. The summed E-state index contributed by atoms with van der Waals surface area (Å²) in [6.45, 7) is 4.99. The number of hydrogen-bond acceptors (Lipinski definition) is 5. The summed E-state index contributed by atoms with van der Waals surface area (Å²) >= 11 is 1.35. The molecule has 86 valence electrons. The number of carboxylic acids is 1. The number of carboxylic acid groups (broad SMARTS) is 1. The predicted molar refractivity (Wildman–Crippen MR) is 61.9 cm³/mol. The average molecular weight is 239 g/mol. The Morgan fingerprint density at radius 2 is 2.38 bits per heavy atom.